The van der Waals surface area contributed by atoms with E-state index in [1.807, 2.05) is 51.1 Å². The van der Waals surface area contributed by atoms with E-state index in [0.29, 0.717) is 0 Å². The molecule has 22 heavy (non-hydrogen) atoms. The lowest BCUT2D eigenvalue weighted by molar-refractivity contribution is 0.104. The summed E-state index contributed by atoms with van der Waals surface area (Å²) in [6, 6.07) is 11.9. The van der Waals surface area contributed by atoms with Crippen LogP contribution in [-0.2, 0) is 0 Å². The monoisotopic (exact) mass is 310 g/mol. The zero-order valence-corrected chi connectivity index (χ0v) is 14.0. The van der Waals surface area contributed by atoms with Gasteiger partial charge in [-0.3, -0.25) is 4.79 Å². The smallest absolute Gasteiger partial charge is 0.194 e. The second-order valence-corrected chi connectivity index (χ2v) is 6.76. The molecule has 2 aromatic carbocycles. The highest BCUT2D eigenvalue weighted by Crippen LogP contribution is 2.33. The second-order valence-electron chi connectivity index (χ2n) is 5.50. The average Bonchev–Trinajstić information content (AvgIpc) is 2.82. The van der Waals surface area contributed by atoms with Gasteiger partial charge in [0.25, 0.3) is 0 Å². The number of methoxy groups -OCH3 is 1. The zero-order chi connectivity index (χ0) is 15.9. The Morgan fingerprint density at radius 3 is 2.32 bits per heavy atom. The fourth-order valence-corrected chi connectivity index (χ4v) is 4.06. The van der Waals surface area contributed by atoms with Crippen molar-refractivity contribution in [1.29, 1.82) is 0 Å². The van der Waals surface area contributed by atoms with Gasteiger partial charge in [-0.15, -0.1) is 11.3 Å². The van der Waals surface area contributed by atoms with Gasteiger partial charge in [-0.05, 0) is 50.1 Å². The molecule has 0 aliphatic heterocycles. The van der Waals surface area contributed by atoms with Gasteiger partial charge in [0.2, 0.25) is 0 Å². The Morgan fingerprint density at radius 2 is 1.68 bits per heavy atom. The van der Waals surface area contributed by atoms with Crippen LogP contribution in [-0.4, -0.2) is 12.9 Å². The number of carbonyl (C=O) groups is 1. The summed E-state index contributed by atoms with van der Waals surface area (Å²) < 4.78 is 6.54. The Hall–Kier alpha value is -2.13. The lowest BCUT2D eigenvalue weighted by Crippen LogP contribution is -2.04. The van der Waals surface area contributed by atoms with Crippen molar-refractivity contribution >= 4 is 27.2 Å². The van der Waals surface area contributed by atoms with Gasteiger partial charge in [-0.2, -0.15) is 0 Å². The van der Waals surface area contributed by atoms with Crippen molar-refractivity contribution in [2.24, 2.45) is 0 Å². The van der Waals surface area contributed by atoms with E-state index in [0.717, 1.165) is 43.0 Å². The van der Waals surface area contributed by atoms with Crippen LogP contribution in [0.3, 0.4) is 0 Å². The molecule has 1 aromatic heterocycles. The van der Waals surface area contributed by atoms with Crippen molar-refractivity contribution in [1.82, 2.24) is 0 Å². The minimum absolute atomic E-state index is 0.0869. The molecule has 3 rings (SSSR count). The number of benzene rings is 2. The summed E-state index contributed by atoms with van der Waals surface area (Å²) in [6.07, 6.45) is 0. The first-order valence-corrected chi connectivity index (χ1v) is 8.02. The Kier molecular flexibility index (Phi) is 3.75. The molecule has 0 atom stereocenters. The van der Waals surface area contributed by atoms with Crippen molar-refractivity contribution < 1.29 is 9.53 Å². The number of thiophene rings is 1. The van der Waals surface area contributed by atoms with Crippen LogP contribution in [0.5, 0.6) is 5.75 Å². The molecule has 1 heterocycles. The molecule has 0 fully saturated rings. The molecule has 0 aliphatic carbocycles. The molecule has 2 nitrogen and oxygen atoms in total. The van der Waals surface area contributed by atoms with Crippen molar-refractivity contribution in [2.45, 2.75) is 20.8 Å². The highest BCUT2D eigenvalue weighted by molar-refractivity contribution is 7.19. The summed E-state index contributed by atoms with van der Waals surface area (Å²) in [6.45, 7) is 5.96. The molecular formula is C19H18O2S. The number of carbonyl (C=O) groups excluding carboxylic acids is 1. The highest BCUT2D eigenvalue weighted by atomic mass is 32.1. The van der Waals surface area contributed by atoms with Crippen molar-refractivity contribution in [3.05, 3.63) is 63.5 Å². The first kappa shape index (κ1) is 14.8. The van der Waals surface area contributed by atoms with Gasteiger partial charge in [-0.1, -0.05) is 18.2 Å². The van der Waals surface area contributed by atoms with Gasteiger partial charge in [0, 0.05) is 26.1 Å². The molecule has 0 radical (unpaired) electrons. The fraction of sp³-hybridized carbons (Fsp3) is 0.211. The van der Waals surface area contributed by atoms with Gasteiger partial charge in [0.05, 0.1) is 7.11 Å². The van der Waals surface area contributed by atoms with E-state index in [1.165, 1.54) is 0 Å². The predicted octanol–water partition coefficient (Wildman–Crippen LogP) is 5.07. The Balaban J connectivity index is 2.16. The van der Waals surface area contributed by atoms with E-state index in [9.17, 15) is 4.79 Å². The third kappa shape index (κ3) is 2.32. The molecule has 0 unspecified atom stereocenters. The molecule has 3 aromatic rings. The quantitative estimate of drug-likeness (QED) is 0.632. The summed E-state index contributed by atoms with van der Waals surface area (Å²) in [5.41, 5.74) is 3.53. The molecule has 3 heteroatoms. The van der Waals surface area contributed by atoms with Crippen LogP contribution in [0.4, 0.5) is 0 Å². The topological polar surface area (TPSA) is 26.3 Å². The number of hydrogen-bond acceptors (Lipinski definition) is 3. The van der Waals surface area contributed by atoms with E-state index in [-0.39, 0.29) is 5.78 Å². The lowest BCUT2D eigenvalue weighted by atomic mass is 9.97. The summed E-state index contributed by atoms with van der Waals surface area (Å²) >= 11 is 1.67. The van der Waals surface area contributed by atoms with Gasteiger partial charge in [0.15, 0.2) is 5.78 Å². The van der Waals surface area contributed by atoms with Gasteiger partial charge in [-0.25, -0.2) is 0 Å². The zero-order valence-electron chi connectivity index (χ0n) is 13.2. The van der Waals surface area contributed by atoms with Crippen LogP contribution in [0, 0.1) is 20.8 Å². The minimum atomic E-state index is 0.0869. The molecule has 112 valence electrons. The third-order valence-corrected chi connectivity index (χ3v) is 5.01. The van der Waals surface area contributed by atoms with Gasteiger partial charge in [0.1, 0.15) is 5.75 Å². The van der Waals surface area contributed by atoms with Crippen LogP contribution >= 0.6 is 11.3 Å². The molecule has 0 N–H and O–H groups in total. The highest BCUT2D eigenvalue weighted by Gasteiger charge is 2.19. The number of rotatable bonds is 3. The number of hydrogen-bond donors (Lipinski definition) is 0. The fourth-order valence-electron chi connectivity index (χ4n) is 3.00. The maximum absolute atomic E-state index is 13.0. The summed E-state index contributed by atoms with van der Waals surface area (Å²) in [7, 11) is 1.66. The normalized spacial score (nSPS) is 10.9. The largest absolute Gasteiger partial charge is 0.496 e. The molecule has 0 saturated heterocycles. The van der Waals surface area contributed by atoms with Crippen LogP contribution in [0.1, 0.15) is 31.9 Å². The minimum Gasteiger partial charge on any atom is -0.496 e. The summed E-state index contributed by atoms with van der Waals surface area (Å²) in [5.74, 6) is 0.937. The number of fused-ring (bicyclic) bond motifs is 1. The van der Waals surface area contributed by atoms with E-state index in [1.54, 1.807) is 18.4 Å². The number of ketones is 1. The first-order chi connectivity index (χ1) is 10.5. The van der Waals surface area contributed by atoms with Gasteiger partial charge >= 0.3 is 0 Å². The Bertz CT molecular complexity index is 851. The molecule has 0 amide bonds. The van der Waals surface area contributed by atoms with E-state index in [4.69, 9.17) is 4.74 Å². The Morgan fingerprint density at radius 1 is 1.05 bits per heavy atom. The van der Waals surface area contributed by atoms with Crippen LogP contribution in [0.2, 0.25) is 0 Å². The maximum Gasteiger partial charge on any atom is 0.194 e. The molecule has 0 aliphatic rings. The standard InChI is InChI=1S/C19H18O2S/c1-11-9-14(10-12(2)19(11)21-4)18(20)17-13(3)22-16-8-6-5-7-15(16)17/h5-10H,1-4H3. The summed E-state index contributed by atoms with van der Waals surface area (Å²) in [5, 5.41) is 1.04. The van der Waals surface area contributed by atoms with Crippen LogP contribution in [0.15, 0.2) is 36.4 Å². The maximum atomic E-state index is 13.0. The third-order valence-electron chi connectivity index (χ3n) is 3.93. The average molecular weight is 310 g/mol. The molecule has 0 spiro atoms. The van der Waals surface area contributed by atoms with Crippen molar-refractivity contribution in [3.63, 3.8) is 0 Å². The SMILES string of the molecule is COc1c(C)cc(C(=O)c2c(C)sc3ccccc23)cc1C. The molecular weight excluding hydrogens is 292 g/mol. The van der Waals surface area contributed by atoms with Crippen molar-refractivity contribution in [3.8, 4) is 5.75 Å². The lowest BCUT2D eigenvalue weighted by Gasteiger charge is -2.11. The summed E-state index contributed by atoms with van der Waals surface area (Å²) in [4.78, 5) is 14.1. The number of aryl methyl sites for hydroxylation is 3. The predicted molar refractivity (Wildman–Crippen MR) is 92.5 cm³/mol. The first-order valence-electron chi connectivity index (χ1n) is 7.21. The van der Waals surface area contributed by atoms with Crippen LogP contribution in [0.25, 0.3) is 10.1 Å². The van der Waals surface area contributed by atoms with E-state index < -0.39 is 0 Å². The van der Waals surface area contributed by atoms with Crippen molar-refractivity contribution in [2.75, 3.05) is 7.11 Å². The molecule has 0 saturated carbocycles. The Labute approximate surface area is 134 Å². The van der Waals surface area contributed by atoms with Crippen LogP contribution < -0.4 is 4.74 Å². The van der Waals surface area contributed by atoms with E-state index in [2.05, 4.69) is 6.07 Å². The molecule has 0 bridgehead atoms. The second kappa shape index (κ2) is 5.58. The van der Waals surface area contributed by atoms with E-state index >= 15 is 0 Å². The van der Waals surface area contributed by atoms with Gasteiger partial charge < -0.3 is 4.74 Å². The number of ether oxygens (including phenoxy) is 1.